The Morgan fingerprint density at radius 1 is 1.57 bits per heavy atom. The third kappa shape index (κ3) is 1.57. The lowest BCUT2D eigenvalue weighted by Crippen LogP contribution is -2.13. The summed E-state index contributed by atoms with van der Waals surface area (Å²) in [6.45, 7) is 1.41. The highest BCUT2D eigenvalue weighted by atomic mass is 32.1. The zero-order valence-electron chi connectivity index (χ0n) is 7.78. The van der Waals surface area contributed by atoms with Crippen molar-refractivity contribution < 1.29 is 14.3 Å². The van der Waals surface area contributed by atoms with Gasteiger partial charge in [-0.2, -0.15) is 0 Å². The molecule has 1 aliphatic rings. The van der Waals surface area contributed by atoms with E-state index in [2.05, 4.69) is 0 Å². The maximum absolute atomic E-state index is 10.9. The summed E-state index contributed by atoms with van der Waals surface area (Å²) in [5.41, 5.74) is -0.405. The van der Waals surface area contributed by atoms with Crippen LogP contribution in [0.2, 0.25) is 0 Å². The molecular formula is C10H10O3S. The topological polar surface area (TPSA) is 43.4 Å². The molecule has 0 saturated heterocycles. The Labute approximate surface area is 85.7 Å². The Morgan fingerprint density at radius 3 is 2.71 bits per heavy atom. The van der Waals surface area contributed by atoms with E-state index in [1.807, 2.05) is 6.07 Å². The predicted molar refractivity (Wildman–Crippen MR) is 52.4 cm³/mol. The number of ether oxygens (including phenoxy) is 1. The van der Waals surface area contributed by atoms with Crippen molar-refractivity contribution in [1.82, 2.24) is 0 Å². The van der Waals surface area contributed by atoms with Gasteiger partial charge in [0, 0.05) is 11.8 Å². The van der Waals surface area contributed by atoms with Crippen molar-refractivity contribution in [2.75, 3.05) is 0 Å². The van der Waals surface area contributed by atoms with E-state index in [1.54, 1.807) is 6.07 Å². The lowest BCUT2D eigenvalue weighted by Gasteiger charge is -2.12. The Balaban J connectivity index is 2.21. The molecule has 0 spiro atoms. The van der Waals surface area contributed by atoms with Gasteiger partial charge in [-0.25, -0.2) is 0 Å². The molecule has 2 rings (SSSR count). The molecule has 1 aliphatic carbocycles. The van der Waals surface area contributed by atoms with E-state index in [1.165, 1.54) is 18.3 Å². The van der Waals surface area contributed by atoms with Crippen LogP contribution in [0.4, 0.5) is 0 Å². The number of thiophene rings is 1. The first-order valence-corrected chi connectivity index (χ1v) is 5.23. The van der Waals surface area contributed by atoms with E-state index in [-0.39, 0.29) is 5.97 Å². The number of hydrogen-bond donors (Lipinski definition) is 0. The molecule has 0 aromatic carbocycles. The zero-order chi connectivity index (χ0) is 10.2. The van der Waals surface area contributed by atoms with Gasteiger partial charge in [-0.05, 0) is 25.0 Å². The molecule has 3 nitrogen and oxygen atoms in total. The molecule has 14 heavy (non-hydrogen) atoms. The summed E-state index contributed by atoms with van der Waals surface area (Å²) in [6, 6.07) is 3.63. The third-order valence-electron chi connectivity index (χ3n) is 2.24. The van der Waals surface area contributed by atoms with Crippen LogP contribution in [-0.2, 0) is 15.1 Å². The molecule has 0 amide bonds. The monoisotopic (exact) mass is 210 g/mol. The summed E-state index contributed by atoms with van der Waals surface area (Å²) < 4.78 is 5.25. The van der Waals surface area contributed by atoms with Crippen LogP contribution >= 0.6 is 11.3 Å². The average Bonchev–Trinajstić information content (AvgIpc) is 2.76. The van der Waals surface area contributed by atoms with Crippen LogP contribution in [0.25, 0.3) is 0 Å². The number of rotatable bonds is 3. The van der Waals surface area contributed by atoms with Crippen molar-refractivity contribution in [2.24, 2.45) is 0 Å². The predicted octanol–water partition coefficient (Wildman–Crippen LogP) is 2.11. The normalized spacial score (nSPS) is 17.5. The molecule has 1 aromatic heterocycles. The molecule has 0 bridgehead atoms. The van der Waals surface area contributed by atoms with Crippen molar-refractivity contribution in [1.29, 1.82) is 0 Å². The van der Waals surface area contributed by atoms with Crippen LogP contribution in [-0.4, -0.2) is 12.3 Å². The van der Waals surface area contributed by atoms with Crippen molar-refractivity contribution >= 4 is 23.6 Å². The summed E-state index contributed by atoms with van der Waals surface area (Å²) in [5.74, 6) is -0.261. The summed E-state index contributed by atoms with van der Waals surface area (Å²) >= 11 is 1.40. The molecule has 74 valence electrons. The van der Waals surface area contributed by atoms with Crippen LogP contribution in [0.1, 0.15) is 34.3 Å². The standard InChI is InChI=1S/C10H10O3S/c1-7(12)13-10(4-5-10)9-3-2-8(6-11)14-9/h2-3,6H,4-5H2,1H3. The van der Waals surface area contributed by atoms with Gasteiger partial charge in [-0.3, -0.25) is 9.59 Å². The van der Waals surface area contributed by atoms with Crippen LogP contribution in [0, 0.1) is 0 Å². The second-order valence-electron chi connectivity index (χ2n) is 3.41. The largest absolute Gasteiger partial charge is 0.453 e. The maximum Gasteiger partial charge on any atom is 0.303 e. The molecule has 1 aromatic rings. The molecule has 4 heteroatoms. The summed E-state index contributed by atoms with van der Waals surface area (Å²) in [6.07, 6.45) is 2.55. The second kappa shape index (κ2) is 3.20. The average molecular weight is 210 g/mol. The first kappa shape index (κ1) is 9.40. The van der Waals surface area contributed by atoms with Gasteiger partial charge in [-0.1, -0.05) is 0 Å². The lowest BCUT2D eigenvalue weighted by molar-refractivity contribution is -0.148. The van der Waals surface area contributed by atoms with Crippen LogP contribution in [0.15, 0.2) is 12.1 Å². The van der Waals surface area contributed by atoms with Gasteiger partial charge in [0.2, 0.25) is 0 Å². The molecule has 0 aliphatic heterocycles. The van der Waals surface area contributed by atoms with E-state index in [9.17, 15) is 9.59 Å². The minimum Gasteiger partial charge on any atom is -0.453 e. The van der Waals surface area contributed by atoms with Gasteiger partial charge >= 0.3 is 5.97 Å². The summed E-state index contributed by atoms with van der Waals surface area (Å²) in [7, 11) is 0. The van der Waals surface area contributed by atoms with Crippen LogP contribution in [0.3, 0.4) is 0 Å². The Bertz CT molecular complexity index is 376. The quantitative estimate of drug-likeness (QED) is 0.567. The highest BCUT2D eigenvalue weighted by molar-refractivity contribution is 7.13. The number of carbonyl (C=O) groups excluding carboxylic acids is 2. The fourth-order valence-corrected chi connectivity index (χ4v) is 2.45. The van der Waals surface area contributed by atoms with Gasteiger partial charge in [0.25, 0.3) is 0 Å². The van der Waals surface area contributed by atoms with Crippen LogP contribution in [0.5, 0.6) is 0 Å². The summed E-state index contributed by atoms with van der Waals surface area (Å²) in [4.78, 5) is 23.0. The van der Waals surface area contributed by atoms with E-state index in [0.29, 0.717) is 4.88 Å². The van der Waals surface area contributed by atoms with Gasteiger partial charge in [-0.15, -0.1) is 11.3 Å². The maximum atomic E-state index is 10.9. The van der Waals surface area contributed by atoms with Crippen molar-refractivity contribution in [3.05, 3.63) is 21.9 Å². The van der Waals surface area contributed by atoms with E-state index in [4.69, 9.17) is 4.74 Å². The van der Waals surface area contributed by atoms with E-state index in [0.717, 1.165) is 24.0 Å². The Kier molecular flexibility index (Phi) is 2.15. The van der Waals surface area contributed by atoms with Crippen molar-refractivity contribution in [3.8, 4) is 0 Å². The number of esters is 1. The highest BCUT2D eigenvalue weighted by Gasteiger charge is 2.49. The molecule has 1 heterocycles. The Hall–Kier alpha value is -1.16. The molecule has 1 saturated carbocycles. The highest BCUT2D eigenvalue weighted by Crippen LogP contribution is 2.51. The number of aldehydes is 1. The second-order valence-corrected chi connectivity index (χ2v) is 4.52. The minimum absolute atomic E-state index is 0.261. The lowest BCUT2D eigenvalue weighted by atomic mass is 10.2. The molecular weight excluding hydrogens is 200 g/mol. The first-order chi connectivity index (χ1) is 6.66. The van der Waals surface area contributed by atoms with Gasteiger partial charge in [0.05, 0.1) is 4.88 Å². The van der Waals surface area contributed by atoms with E-state index < -0.39 is 5.60 Å². The van der Waals surface area contributed by atoms with Gasteiger partial charge in [0.15, 0.2) is 6.29 Å². The zero-order valence-corrected chi connectivity index (χ0v) is 8.60. The number of carbonyl (C=O) groups is 2. The fourth-order valence-electron chi connectivity index (χ4n) is 1.45. The third-order valence-corrected chi connectivity index (χ3v) is 3.43. The van der Waals surface area contributed by atoms with E-state index >= 15 is 0 Å². The van der Waals surface area contributed by atoms with Crippen molar-refractivity contribution in [2.45, 2.75) is 25.4 Å². The SMILES string of the molecule is CC(=O)OC1(c2ccc(C=O)s2)CC1. The van der Waals surface area contributed by atoms with Crippen LogP contribution < -0.4 is 0 Å². The number of hydrogen-bond acceptors (Lipinski definition) is 4. The molecule has 0 N–H and O–H groups in total. The van der Waals surface area contributed by atoms with Gasteiger partial charge < -0.3 is 4.74 Å². The Morgan fingerprint density at radius 2 is 2.29 bits per heavy atom. The molecule has 0 unspecified atom stereocenters. The fraction of sp³-hybridized carbons (Fsp3) is 0.400. The summed E-state index contributed by atoms with van der Waals surface area (Å²) in [5, 5.41) is 0. The molecule has 0 radical (unpaired) electrons. The molecule has 1 fully saturated rings. The van der Waals surface area contributed by atoms with Crippen molar-refractivity contribution in [3.63, 3.8) is 0 Å². The smallest absolute Gasteiger partial charge is 0.303 e. The first-order valence-electron chi connectivity index (χ1n) is 4.41. The minimum atomic E-state index is -0.405. The molecule has 0 atom stereocenters. The van der Waals surface area contributed by atoms with Gasteiger partial charge in [0.1, 0.15) is 5.60 Å².